The highest BCUT2D eigenvalue weighted by atomic mass is 16.2. The molecule has 0 atom stereocenters. The number of carbonyl (C=O) groups excluding carboxylic acids is 1. The topological polar surface area (TPSA) is 63.9 Å². The number of amides is 1. The highest BCUT2D eigenvalue weighted by molar-refractivity contribution is 5.77. The van der Waals surface area contributed by atoms with Gasteiger partial charge in [0.2, 0.25) is 5.91 Å². The van der Waals surface area contributed by atoms with Gasteiger partial charge in [0, 0.05) is 44.4 Å². The van der Waals surface area contributed by atoms with Gasteiger partial charge in [-0.3, -0.25) is 14.8 Å². The van der Waals surface area contributed by atoms with Gasteiger partial charge < -0.3 is 9.47 Å². The SMILES string of the molecule is Cc1cncc(C2CCN(C(=O)CCn3cnc4ccccc43)CC2)n1. The van der Waals surface area contributed by atoms with E-state index in [0.717, 1.165) is 48.4 Å². The van der Waals surface area contributed by atoms with E-state index in [-0.39, 0.29) is 5.91 Å². The monoisotopic (exact) mass is 349 g/mol. The third-order valence-electron chi connectivity index (χ3n) is 5.13. The van der Waals surface area contributed by atoms with Crippen LogP contribution in [-0.4, -0.2) is 43.4 Å². The molecule has 1 aliphatic rings. The van der Waals surface area contributed by atoms with Crippen molar-refractivity contribution in [1.29, 1.82) is 0 Å². The first-order valence-electron chi connectivity index (χ1n) is 9.17. The van der Waals surface area contributed by atoms with Gasteiger partial charge in [0.1, 0.15) is 0 Å². The van der Waals surface area contributed by atoms with Crippen molar-refractivity contribution in [2.24, 2.45) is 0 Å². The minimum atomic E-state index is 0.219. The van der Waals surface area contributed by atoms with Crippen LogP contribution in [-0.2, 0) is 11.3 Å². The van der Waals surface area contributed by atoms with Crippen molar-refractivity contribution < 1.29 is 4.79 Å². The summed E-state index contributed by atoms with van der Waals surface area (Å²) in [5, 5.41) is 0. The van der Waals surface area contributed by atoms with Gasteiger partial charge in [-0.15, -0.1) is 0 Å². The van der Waals surface area contributed by atoms with Crippen molar-refractivity contribution >= 4 is 16.9 Å². The number of para-hydroxylation sites is 2. The third-order valence-corrected chi connectivity index (χ3v) is 5.13. The van der Waals surface area contributed by atoms with E-state index in [9.17, 15) is 4.79 Å². The van der Waals surface area contributed by atoms with Crippen LogP contribution >= 0.6 is 0 Å². The molecular formula is C20H23N5O. The molecule has 1 saturated heterocycles. The molecule has 1 aromatic carbocycles. The lowest BCUT2D eigenvalue weighted by Gasteiger charge is -2.31. The van der Waals surface area contributed by atoms with Gasteiger partial charge in [0.15, 0.2) is 0 Å². The van der Waals surface area contributed by atoms with Gasteiger partial charge in [-0.25, -0.2) is 4.98 Å². The summed E-state index contributed by atoms with van der Waals surface area (Å²) in [6, 6.07) is 8.02. The van der Waals surface area contributed by atoms with Crippen molar-refractivity contribution in [3.05, 3.63) is 54.4 Å². The summed E-state index contributed by atoms with van der Waals surface area (Å²) >= 11 is 0. The predicted octanol–water partition coefficient (Wildman–Crippen LogP) is 2.93. The number of imidazole rings is 1. The Kier molecular flexibility index (Phi) is 4.65. The second kappa shape index (κ2) is 7.23. The smallest absolute Gasteiger partial charge is 0.224 e. The standard InChI is InChI=1S/C20H23N5O/c1-15-12-21-13-18(23-15)16-6-9-24(10-7-16)20(26)8-11-25-14-22-17-4-2-3-5-19(17)25/h2-5,12-14,16H,6-11H2,1H3. The Morgan fingerprint density at radius 2 is 2.00 bits per heavy atom. The Morgan fingerprint density at radius 3 is 2.81 bits per heavy atom. The number of aromatic nitrogens is 4. The molecule has 1 fully saturated rings. The van der Waals surface area contributed by atoms with Gasteiger partial charge in [0.25, 0.3) is 0 Å². The van der Waals surface area contributed by atoms with Crippen LogP contribution in [0.3, 0.4) is 0 Å². The first-order chi connectivity index (χ1) is 12.7. The summed E-state index contributed by atoms with van der Waals surface area (Å²) in [4.78, 5) is 27.8. The van der Waals surface area contributed by atoms with Crippen LogP contribution in [0.5, 0.6) is 0 Å². The maximum Gasteiger partial charge on any atom is 0.224 e. The van der Waals surface area contributed by atoms with Crippen LogP contribution in [0.1, 0.15) is 36.6 Å². The molecule has 6 heteroatoms. The maximum atomic E-state index is 12.6. The summed E-state index contributed by atoms with van der Waals surface area (Å²) in [5.41, 5.74) is 4.06. The molecule has 2 aromatic heterocycles. The van der Waals surface area contributed by atoms with Crippen molar-refractivity contribution in [1.82, 2.24) is 24.4 Å². The Hall–Kier alpha value is -2.76. The molecule has 0 saturated carbocycles. The molecular weight excluding hydrogens is 326 g/mol. The molecule has 3 heterocycles. The van der Waals surface area contributed by atoms with E-state index >= 15 is 0 Å². The molecule has 1 aliphatic heterocycles. The average Bonchev–Trinajstić information content (AvgIpc) is 3.09. The third kappa shape index (κ3) is 3.45. The maximum absolute atomic E-state index is 12.6. The van der Waals surface area contributed by atoms with Crippen LogP contribution in [0.4, 0.5) is 0 Å². The number of hydrogen-bond acceptors (Lipinski definition) is 4. The second-order valence-electron chi connectivity index (χ2n) is 6.92. The van der Waals surface area contributed by atoms with Crippen LogP contribution in [0.25, 0.3) is 11.0 Å². The first-order valence-corrected chi connectivity index (χ1v) is 9.17. The number of fused-ring (bicyclic) bond motifs is 1. The molecule has 4 rings (SSSR count). The minimum Gasteiger partial charge on any atom is -0.343 e. The zero-order valence-corrected chi connectivity index (χ0v) is 15.0. The van der Waals surface area contributed by atoms with Crippen molar-refractivity contribution in [2.75, 3.05) is 13.1 Å². The van der Waals surface area contributed by atoms with E-state index in [1.807, 2.05) is 48.6 Å². The van der Waals surface area contributed by atoms with Gasteiger partial charge in [-0.05, 0) is 31.9 Å². The number of benzene rings is 1. The molecule has 6 nitrogen and oxygen atoms in total. The highest BCUT2D eigenvalue weighted by Gasteiger charge is 2.24. The van der Waals surface area contributed by atoms with E-state index in [1.54, 1.807) is 6.20 Å². The van der Waals surface area contributed by atoms with E-state index in [1.165, 1.54) is 0 Å². The fraction of sp³-hybridized carbons (Fsp3) is 0.400. The minimum absolute atomic E-state index is 0.219. The van der Waals surface area contributed by atoms with E-state index < -0.39 is 0 Å². The van der Waals surface area contributed by atoms with E-state index in [4.69, 9.17) is 0 Å². The van der Waals surface area contributed by atoms with Gasteiger partial charge >= 0.3 is 0 Å². The Balaban J connectivity index is 1.32. The van der Waals surface area contributed by atoms with Crippen molar-refractivity contribution in [3.63, 3.8) is 0 Å². The second-order valence-corrected chi connectivity index (χ2v) is 6.92. The van der Waals surface area contributed by atoms with E-state index in [0.29, 0.717) is 18.9 Å². The summed E-state index contributed by atoms with van der Waals surface area (Å²) in [6.45, 7) is 4.23. The average molecular weight is 349 g/mol. The molecule has 0 bridgehead atoms. The van der Waals surface area contributed by atoms with Crippen LogP contribution < -0.4 is 0 Å². The zero-order valence-electron chi connectivity index (χ0n) is 15.0. The number of likely N-dealkylation sites (tertiary alicyclic amines) is 1. The zero-order chi connectivity index (χ0) is 17.9. The van der Waals surface area contributed by atoms with Crippen LogP contribution in [0, 0.1) is 6.92 Å². The summed E-state index contributed by atoms with van der Waals surface area (Å²) < 4.78 is 2.06. The molecule has 3 aromatic rings. The molecule has 0 unspecified atom stereocenters. The molecule has 134 valence electrons. The molecule has 0 N–H and O–H groups in total. The molecule has 1 amide bonds. The van der Waals surface area contributed by atoms with Crippen LogP contribution in [0.15, 0.2) is 43.0 Å². The number of rotatable bonds is 4. The number of piperidine rings is 1. The van der Waals surface area contributed by atoms with Gasteiger partial charge in [-0.1, -0.05) is 12.1 Å². The lowest BCUT2D eigenvalue weighted by molar-refractivity contribution is -0.132. The number of nitrogens with zero attached hydrogens (tertiary/aromatic N) is 5. The lowest BCUT2D eigenvalue weighted by Crippen LogP contribution is -2.38. The Labute approximate surface area is 152 Å². The van der Waals surface area contributed by atoms with Crippen molar-refractivity contribution in [2.45, 2.75) is 38.6 Å². The first kappa shape index (κ1) is 16.7. The summed E-state index contributed by atoms with van der Waals surface area (Å²) in [7, 11) is 0. The fourth-order valence-corrected chi connectivity index (χ4v) is 3.67. The molecule has 0 radical (unpaired) electrons. The normalized spacial score (nSPS) is 15.5. The van der Waals surface area contributed by atoms with E-state index in [2.05, 4.69) is 19.5 Å². The van der Waals surface area contributed by atoms with Crippen LogP contribution in [0.2, 0.25) is 0 Å². The lowest BCUT2D eigenvalue weighted by atomic mass is 9.93. The predicted molar refractivity (Wildman–Crippen MR) is 99.7 cm³/mol. The number of hydrogen-bond donors (Lipinski definition) is 0. The molecule has 0 aliphatic carbocycles. The fourth-order valence-electron chi connectivity index (χ4n) is 3.67. The van der Waals surface area contributed by atoms with Crippen molar-refractivity contribution in [3.8, 4) is 0 Å². The Bertz CT molecular complexity index is 911. The highest BCUT2D eigenvalue weighted by Crippen LogP contribution is 2.26. The summed E-state index contributed by atoms with van der Waals surface area (Å²) in [6.07, 6.45) is 7.88. The van der Waals surface area contributed by atoms with Gasteiger partial charge in [-0.2, -0.15) is 0 Å². The number of carbonyl (C=O) groups is 1. The molecule has 0 spiro atoms. The van der Waals surface area contributed by atoms with Gasteiger partial charge in [0.05, 0.1) is 28.7 Å². The Morgan fingerprint density at radius 1 is 1.19 bits per heavy atom. The molecule has 26 heavy (non-hydrogen) atoms. The summed E-state index contributed by atoms with van der Waals surface area (Å²) in [5.74, 6) is 0.626. The number of aryl methyl sites for hydroxylation is 2. The quantitative estimate of drug-likeness (QED) is 0.726. The largest absolute Gasteiger partial charge is 0.343 e.